The lowest BCUT2D eigenvalue weighted by molar-refractivity contribution is -0.140. The first kappa shape index (κ1) is 16.8. The van der Waals surface area contributed by atoms with Crippen molar-refractivity contribution in [2.45, 2.75) is 25.9 Å². The maximum absolute atomic E-state index is 12.6. The molecule has 0 atom stereocenters. The van der Waals surface area contributed by atoms with Crippen molar-refractivity contribution >= 4 is 27.5 Å². The summed E-state index contributed by atoms with van der Waals surface area (Å²) in [6.07, 6.45) is -3.20. The minimum Gasteiger partial charge on any atom is -0.399 e. The van der Waals surface area contributed by atoms with E-state index in [2.05, 4.69) is 15.9 Å². The van der Waals surface area contributed by atoms with Crippen molar-refractivity contribution in [2.24, 2.45) is 0 Å². The van der Waals surface area contributed by atoms with E-state index >= 15 is 0 Å². The van der Waals surface area contributed by atoms with E-state index in [-0.39, 0.29) is 12.1 Å². The second kappa shape index (κ2) is 6.97. The van der Waals surface area contributed by atoms with Crippen LogP contribution in [0.3, 0.4) is 0 Å². The van der Waals surface area contributed by atoms with E-state index in [0.717, 1.165) is 4.90 Å². The van der Waals surface area contributed by atoms with Crippen molar-refractivity contribution in [3.05, 3.63) is 28.2 Å². The van der Waals surface area contributed by atoms with Gasteiger partial charge in [0, 0.05) is 16.7 Å². The molecule has 7 heteroatoms. The number of nitrogens with two attached hydrogens (primary N) is 1. The standard InChI is InChI=1S/C13H16BrF3N2O/c1-2-3-6-19(8-13(15,16)17)12(20)10-7-9(18)4-5-11(10)14/h4-5,7H,2-3,6,8,18H2,1H3. The molecule has 1 aromatic rings. The number of benzene rings is 1. The molecule has 0 aliphatic carbocycles. The fraction of sp³-hybridized carbons (Fsp3) is 0.462. The number of amides is 1. The summed E-state index contributed by atoms with van der Waals surface area (Å²) in [7, 11) is 0. The Kier molecular flexibility index (Phi) is 5.86. The molecule has 1 amide bonds. The predicted octanol–water partition coefficient (Wildman–Crippen LogP) is 3.84. The third kappa shape index (κ3) is 5.03. The van der Waals surface area contributed by atoms with Gasteiger partial charge in [0.05, 0.1) is 5.56 Å². The molecule has 0 heterocycles. The molecule has 1 aromatic carbocycles. The number of unbranched alkanes of at least 4 members (excludes halogenated alkanes) is 1. The fourth-order valence-corrected chi connectivity index (χ4v) is 2.11. The third-order valence-electron chi connectivity index (χ3n) is 2.66. The molecule has 1 rings (SSSR count). The zero-order valence-electron chi connectivity index (χ0n) is 11.0. The second-order valence-electron chi connectivity index (χ2n) is 4.43. The van der Waals surface area contributed by atoms with Crippen LogP contribution in [0, 0.1) is 0 Å². The highest BCUT2D eigenvalue weighted by atomic mass is 79.9. The van der Waals surface area contributed by atoms with E-state index in [0.29, 0.717) is 23.0 Å². The van der Waals surface area contributed by atoms with Gasteiger partial charge in [0.1, 0.15) is 6.54 Å². The van der Waals surface area contributed by atoms with Gasteiger partial charge < -0.3 is 10.6 Å². The van der Waals surface area contributed by atoms with Crippen LogP contribution in [0.4, 0.5) is 18.9 Å². The number of nitrogen functional groups attached to an aromatic ring is 1. The Morgan fingerprint density at radius 3 is 2.60 bits per heavy atom. The third-order valence-corrected chi connectivity index (χ3v) is 3.35. The Bertz CT molecular complexity index is 477. The maximum Gasteiger partial charge on any atom is 0.406 e. The van der Waals surface area contributed by atoms with Crippen LogP contribution in [0.1, 0.15) is 30.1 Å². The van der Waals surface area contributed by atoms with E-state index in [9.17, 15) is 18.0 Å². The van der Waals surface area contributed by atoms with Gasteiger partial charge in [-0.1, -0.05) is 13.3 Å². The first-order chi connectivity index (χ1) is 9.24. The Balaban J connectivity index is 2.99. The summed E-state index contributed by atoms with van der Waals surface area (Å²) in [6.45, 7) is 0.663. The number of carbonyl (C=O) groups is 1. The van der Waals surface area contributed by atoms with Crippen LogP contribution in [0.2, 0.25) is 0 Å². The Morgan fingerprint density at radius 1 is 1.40 bits per heavy atom. The van der Waals surface area contributed by atoms with Gasteiger partial charge in [-0.3, -0.25) is 4.79 Å². The molecule has 20 heavy (non-hydrogen) atoms. The van der Waals surface area contributed by atoms with Crippen molar-refractivity contribution in [3.8, 4) is 0 Å². The molecule has 0 fully saturated rings. The molecule has 0 aliphatic heterocycles. The summed E-state index contributed by atoms with van der Waals surface area (Å²) in [4.78, 5) is 13.1. The number of hydrogen-bond acceptors (Lipinski definition) is 2. The Hall–Kier alpha value is -1.24. The van der Waals surface area contributed by atoms with Crippen LogP contribution in [-0.2, 0) is 0 Å². The van der Waals surface area contributed by atoms with E-state index in [1.165, 1.54) is 6.07 Å². The zero-order valence-corrected chi connectivity index (χ0v) is 12.6. The minimum absolute atomic E-state index is 0.0656. The van der Waals surface area contributed by atoms with Crippen molar-refractivity contribution in [1.29, 1.82) is 0 Å². The number of anilines is 1. The number of rotatable bonds is 5. The Morgan fingerprint density at radius 2 is 2.05 bits per heavy atom. The fourth-order valence-electron chi connectivity index (χ4n) is 1.69. The molecule has 0 saturated carbocycles. The highest BCUT2D eigenvalue weighted by Crippen LogP contribution is 2.24. The molecule has 0 aromatic heterocycles. The van der Waals surface area contributed by atoms with Crippen molar-refractivity contribution in [2.75, 3.05) is 18.8 Å². The van der Waals surface area contributed by atoms with Crippen LogP contribution < -0.4 is 5.73 Å². The first-order valence-electron chi connectivity index (χ1n) is 6.15. The van der Waals surface area contributed by atoms with Gasteiger partial charge in [0.25, 0.3) is 5.91 Å². The SMILES string of the molecule is CCCCN(CC(F)(F)F)C(=O)c1cc(N)ccc1Br. The molecule has 0 unspecified atom stereocenters. The van der Waals surface area contributed by atoms with Crippen LogP contribution >= 0.6 is 15.9 Å². The average molecular weight is 353 g/mol. The second-order valence-corrected chi connectivity index (χ2v) is 5.29. The molecule has 0 bridgehead atoms. The van der Waals surface area contributed by atoms with Crippen molar-refractivity contribution < 1.29 is 18.0 Å². The van der Waals surface area contributed by atoms with E-state index in [1.54, 1.807) is 12.1 Å². The van der Waals surface area contributed by atoms with Gasteiger partial charge in [0.15, 0.2) is 0 Å². The summed E-state index contributed by atoms with van der Waals surface area (Å²) in [5, 5.41) is 0. The highest BCUT2D eigenvalue weighted by Gasteiger charge is 2.33. The lowest BCUT2D eigenvalue weighted by atomic mass is 10.1. The summed E-state index contributed by atoms with van der Waals surface area (Å²) in [5.74, 6) is -0.671. The average Bonchev–Trinajstić information content (AvgIpc) is 2.35. The minimum atomic E-state index is -4.42. The topological polar surface area (TPSA) is 46.3 Å². The zero-order chi connectivity index (χ0) is 15.3. The molecule has 3 nitrogen and oxygen atoms in total. The lowest BCUT2D eigenvalue weighted by Crippen LogP contribution is -2.39. The van der Waals surface area contributed by atoms with E-state index in [4.69, 9.17) is 5.73 Å². The smallest absolute Gasteiger partial charge is 0.399 e. The number of alkyl halides is 3. The van der Waals surface area contributed by atoms with Gasteiger partial charge in [-0.15, -0.1) is 0 Å². The molecular weight excluding hydrogens is 337 g/mol. The molecule has 0 aliphatic rings. The quantitative estimate of drug-likeness (QED) is 0.818. The van der Waals surface area contributed by atoms with Crippen LogP contribution in [0.15, 0.2) is 22.7 Å². The molecule has 2 N–H and O–H groups in total. The molecule has 0 spiro atoms. The van der Waals surface area contributed by atoms with Crippen LogP contribution in [0.5, 0.6) is 0 Å². The highest BCUT2D eigenvalue weighted by molar-refractivity contribution is 9.10. The van der Waals surface area contributed by atoms with Gasteiger partial charge in [-0.25, -0.2) is 0 Å². The van der Waals surface area contributed by atoms with Crippen LogP contribution in [-0.4, -0.2) is 30.1 Å². The van der Waals surface area contributed by atoms with Gasteiger partial charge in [-0.2, -0.15) is 13.2 Å². The van der Waals surface area contributed by atoms with E-state index < -0.39 is 18.6 Å². The summed E-state index contributed by atoms with van der Waals surface area (Å²) >= 11 is 3.16. The lowest BCUT2D eigenvalue weighted by Gasteiger charge is -2.24. The van der Waals surface area contributed by atoms with Gasteiger partial charge in [-0.05, 0) is 40.5 Å². The number of carbonyl (C=O) groups excluding carboxylic acids is 1. The number of nitrogens with zero attached hydrogens (tertiary/aromatic N) is 1. The maximum atomic E-state index is 12.6. The summed E-state index contributed by atoms with van der Waals surface area (Å²) in [6, 6.07) is 4.50. The summed E-state index contributed by atoms with van der Waals surface area (Å²) < 4.78 is 38.1. The first-order valence-corrected chi connectivity index (χ1v) is 6.95. The normalized spacial score (nSPS) is 11.4. The molecular formula is C13H16BrF3N2O. The summed E-state index contributed by atoms with van der Waals surface area (Å²) in [5.41, 5.74) is 6.06. The van der Waals surface area contributed by atoms with E-state index in [1.807, 2.05) is 6.92 Å². The van der Waals surface area contributed by atoms with Crippen LogP contribution in [0.25, 0.3) is 0 Å². The van der Waals surface area contributed by atoms with Gasteiger partial charge >= 0.3 is 6.18 Å². The van der Waals surface area contributed by atoms with Crippen molar-refractivity contribution in [1.82, 2.24) is 4.90 Å². The Labute approximate surface area is 124 Å². The largest absolute Gasteiger partial charge is 0.406 e. The van der Waals surface area contributed by atoms with Crippen molar-refractivity contribution in [3.63, 3.8) is 0 Å². The number of halogens is 4. The molecule has 0 radical (unpaired) electrons. The van der Waals surface area contributed by atoms with Gasteiger partial charge in [0.2, 0.25) is 0 Å². The monoisotopic (exact) mass is 352 g/mol. The molecule has 112 valence electrons. The molecule has 0 saturated heterocycles. The number of hydrogen-bond donors (Lipinski definition) is 1. The predicted molar refractivity (Wildman–Crippen MR) is 75.4 cm³/mol.